The van der Waals surface area contributed by atoms with E-state index in [-0.39, 0.29) is 0 Å². The molecule has 0 saturated carbocycles. The fourth-order valence-corrected chi connectivity index (χ4v) is 3.00. The molecule has 0 amide bonds. The molecule has 1 aliphatic rings. The number of aryl methyl sites for hydroxylation is 1. The smallest absolute Gasteiger partial charge is 0.0273 e. The summed E-state index contributed by atoms with van der Waals surface area (Å²) in [5.74, 6) is 0. The van der Waals surface area contributed by atoms with Gasteiger partial charge < -0.3 is 5.32 Å². The molecule has 20 heavy (non-hydrogen) atoms. The zero-order valence-electron chi connectivity index (χ0n) is 12.1. The summed E-state index contributed by atoms with van der Waals surface area (Å²) >= 11 is 0. The first kappa shape index (κ1) is 13.3. The topological polar surface area (TPSA) is 24.9 Å². The van der Waals surface area contributed by atoms with Crippen LogP contribution in [-0.2, 0) is 12.8 Å². The minimum atomic E-state index is 0.648. The highest BCUT2D eigenvalue weighted by Crippen LogP contribution is 2.27. The molecule has 2 nitrogen and oxygen atoms in total. The van der Waals surface area contributed by atoms with Crippen LogP contribution in [0, 0.1) is 0 Å². The second-order valence-electron chi connectivity index (χ2n) is 5.61. The van der Waals surface area contributed by atoms with Crippen LogP contribution in [0.15, 0.2) is 42.7 Å². The first-order valence-electron chi connectivity index (χ1n) is 7.62. The lowest BCUT2D eigenvalue weighted by molar-refractivity contribution is 0.459. The Bertz CT molecular complexity index is 563. The number of benzene rings is 1. The molecule has 0 saturated heterocycles. The maximum atomic E-state index is 4.09. The lowest BCUT2D eigenvalue weighted by Gasteiger charge is -2.26. The quantitative estimate of drug-likeness (QED) is 0.914. The minimum Gasteiger partial charge on any atom is -0.314 e. The van der Waals surface area contributed by atoms with E-state index >= 15 is 0 Å². The molecule has 1 N–H and O–H groups in total. The van der Waals surface area contributed by atoms with E-state index in [4.69, 9.17) is 0 Å². The van der Waals surface area contributed by atoms with Gasteiger partial charge in [-0.05, 0) is 66.6 Å². The summed E-state index contributed by atoms with van der Waals surface area (Å²) in [5.41, 5.74) is 5.60. The van der Waals surface area contributed by atoms with E-state index in [1.807, 2.05) is 12.4 Å². The second kappa shape index (κ2) is 6.19. The van der Waals surface area contributed by atoms with Crippen molar-refractivity contribution < 1.29 is 0 Å². The molecule has 1 unspecified atom stereocenters. The number of aromatic nitrogens is 1. The number of hydrogen-bond donors (Lipinski definition) is 1. The standard InChI is InChI=1S/C18H22N2/c1-2-9-20-18-6-5-14-3-4-16(12-17(14)13-18)15-7-10-19-11-8-15/h3-4,7-8,10-12,18,20H,2,5-6,9,13H2,1H3. The Hall–Kier alpha value is -1.67. The van der Waals surface area contributed by atoms with E-state index in [0.717, 1.165) is 13.0 Å². The number of rotatable bonds is 4. The van der Waals surface area contributed by atoms with E-state index < -0.39 is 0 Å². The summed E-state index contributed by atoms with van der Waals surface area (Å²) in [6.45, 7) is 3.36. The summed E-state index contributed by atoms with van der Waals surface area (Å²) < 4.78 is 0. The van der Waals surface area contributed by atoms with E-state index in [9.17, 15) is 0 Å². The Kier molecular flexibility index (Phi) is 4.12. The van der Waals surface area contributed by atoms with Crippen LogP contribution in [0.1, 0.15) is 30.9 Å². The predicted octanol–water partition coefficient (Wildman–Crippen LogP) is 3.61. The molecule has 0 aliphatic heterocycles. The monoisotopic (exact) mass is 266 g/mol. The molecule has 1 aromatic heterocycles. The van der Waals surface area contributed by atoms with Crippen LogP contribution in [0.2, 0.25) is 0 Å². The second-order valence-corrected chi connectivity index (χ2v) is 5.61. The van der Waals surface area contributed by atoms with E-state index in [1.54, 1.807) is 0 Å². The van der Waals surface area contributed by atoms with E-state index in [1.165, 1.54) is 41.5 Å². The lowest BCUT2D eigenvalue weighted by atomic mass is 9.86. The third kappa shape index (κ3) is 2.91. The Labute approximate surface area is 121 Å². The molecule has 1 heterocycles. The zero-order chi connectivity index (χ0) is 13.8. The summed E-state index contributed by atoms with van der Waals surface area (Å²) in [4.78, 5) is 4.09. The van der Waals surface area contributed by atoms with Gasteiger partial charge in [-0.3, -0.25) is 4.98 Å². The van der Waals surface area contributed by atoms with Crippen molar-refractivity contribution in [1.29, 1.82) is 0 Å². The molecule has 2 heteroatoms. The molecule has 2 aromatic rings. The van der Waals surface area contributed by atoms with Gasteiger partial charge in [0.05, 0.1) is 0 Å². The molecule has 0 bridgehead atoms. The van der Waals surface area contributed by atoms with Gasteiger partial charge in [-0.1, -0.05) is 25.1 Å². The highest BCUT2D eigenvalue weighted by molar-refractivity contribution is 5.64. The van der Waals surface area contributed by atoms with Gasteiger partial charge in [0.2, 0.25) is 0 Å². The van der Waals surface area contributed by atoms with Gasteiger partial charge in [-0.15, -0.1) is 0 Å². The number of nitrogens with one attached hydrogen (secondary N) is 1. The van der Waals surface area contributed by atoms with Crippen molar-refractivity contribution in [3.05, 3.63) is 53.9 Å². The van der Waals surface area contributed by atoms with Gasteiger partial charge in [-0.2, -0.15) is 0 Å². The maximum Gasteiger partial charge on any atom is 0.0273 e. The first-order chi connectivity index (χ1) is 9.86. The molecule has 1 atom stereocenters. The number of fused-ring (bicyclic) bond motifs is 1. The summed E-state index contributed by atoms with van der Waals surface area (Å²) in [5, 5.41) is 3.66. The van der Waals surface area contributed by atoms with Gasteiger partial charge in [0.25, 0.3) is 0 Å². The van der Waals surface area contributed by atoms with Crippen molar-refractivity contribution in [3.63, 3.8) is 0 Å². The third-order valence-corrected chi connectivity index (χ3v) is 4.13. The molecule has 0 radical (unpaired) electrons. The molecule has 1 aromatic carbocycles. The van der Waals surface area contributed by atoms with Crippen LogP contribution in [0.25, 0.3) is 11.1 Å². The fraction of sp³-hybridized carbons (Fsp3) is 0.389. The van der Waals surface area contributed by atoms with Crippen molar-refractivity contribution in [2.24, 2.45) is 0 Å². The largest absolute Gasteiger partial charge is 0.314 e. The maximum absolute atomic E-state index is 4.09. The molecular weight excluding hydrogens is 244 g/mol. The van der Waals surface area contributed by atoms with Crippen molar-refractivity contribution >= 4 is 0 Å². The van der Waals surface area contributed by atoms with Crippen molar-refractivity contribution in [2.75, 3.05) is 6.54 Å². The predicted molar refractivity (Wildman–Crippen MR) is 83.8 cm³/mol. The average molecular weight is 266 g/mol. The number of pyridine rings is 1. The Morgan fingerprint density at radius 1 is 1.10 bits per heavy atom. The van der Waals surface area contributed by atoms with E-state index in [2.05, 4.69) is 47.6 Å². The van der Waals surface area contributed by atoms with Gasteiger partial charge >= 0.3 is 0 Å². The highest BCUT2D eigenvalue weighted by atomic mass is 14.9. The molecule has 0 spiro atoms. The summed E-state index contributed by atoms with van der Waals surface area (Å²) in [6.07, 6.45) is 8.56. The van der Waals surface area contributed by atoms with Gasteiger partial charge in [0.1, 0.15) is 0 Å². The van der Waals surface area contributed by atoms with Crippen LogP contribution in [0.4, 0.5) is 0 Å². The average Bonchev–Trinajstić information content (AvgIpc) is 2.53. The lowest BCUT2D eigenvalue weighted by Crippen LogP contribution is -2.34. The summed E-state index contributed by atoms with van der Waals surface area (Å²) in [7, 11) is 0. The number of nitrogens with zero attached hydrogens (tertiary/aromatic N) is 1. The van der Waals surface area contributed by atoms with Crippen molar-refractivity contribution in [1.82, 2.24) is 10.3 Å². The molecule has 3 rings (SSSR count). The molecular formula is C18H22N2. The summed E-state index contributed by atoms with van der Waals surface area (Å²) in [6, 6.07) is 11.7. The molecule has 0 fully saturated rings. The molecule has 104 valence electrons. The number of hydrogen-bond acceptors (Lipinski definition) is 2. The first-order valence-corrected chi connectivity index (χ1v) is 7.62. The third-order valence-electron chi connectivity index (χ3n) is 4.13. The Balaban J connectivity index is 1.82. The Morgan fingerprint density at radius 2 is 1.95 bits per heavy atom. The van der Waals surface area contributed by atoms with Crippen LogP contribution in [0.5, 0.6) is 0 Å². The van der Waals surface area contributed by atoms with Crippen LogP contribution in [-0.4, -0.2) is 17.6 Å². The van der Waals surface area contributed by atoms with E-state index in [0.29, 0.717) is 6.04 Å². The van der Waals surface area contributed by atoms with Gasteiger partial charge in [0.15, 0.2) is 0 Å². The highest BCUT2D eigenvalue weighted by Gasteiger charge is 2.18. The SMILES string of the molecule is CCCNC1CCc2ccc(-c3ccncc3)cc2C1. The fourth-order valence-electron chi connectivity index (χ4n) is 3.00. The van der Waals surface area contributed by atoms with Crippen LogP contribution < -0.4 is 5.32 Å². The van der Waals surface area contributed by atoms with Crippen LogP contribution in [0.3, 0.4) is 0 Å². The Morgan fingerprint density at radius 3 is 2.75 bits per heavy atom. The zero-order valence-corrected chi connectivity index (χ0v) is 12.1. The van der Waals surface area contributed by atoms with Crippen molar-refractivity contribution in [3.8, 4) is 11.1 Å². The normalized spacial score (nSPS) is 17.8. The molecule has 1 aliphatic carbocycles. The van der Waals surface area contributed by atoms with Gasteiger partial charge in [0, 0.05) is 18.4 Å². The van der Waals surface area contributed by atoms with Crippen molar-refractivity contribution in [2.45, 2.75) is 38.6 Å². The van der Waals surface area contributed by atoms with Gasteiger partial charge in [-0.25, -0.2) is 0 Å². The minimum absolute atomic E-state index is 0.648. The van der Waals surface area contributed by atoms with Crippen LogP contribution >= 0.6 is 0 Å².